The molecule has 9 heteroatoms. The lowest BCUT2D eigenvalue weighted by Gasteiger charge is -2.50. The van der Waals surface area contributed by atoms with Crippen LogP contribution in [0, 0.1) is 11.8 Å². The predicted octanol–water partition coefficient (Wildman–Crippen LogP) is 2.59. The second-order valence-electron chi connectivity index (χ2n) is 10.8. The second kappa shape index (κ2) is 8.68. The van der Waals surface area contributed by atoms with Crippen LogP contribution in [0.15, 0.2) is 41.2 Å². The predicted molar refractivity (Wildman–Crippen MR) is 142 cm³/mol. The molecule has 1 saturated carbocycles. The minimum atomic E-state index is -2.53. The maximum atomic E-state index is 14.1. The Hall–Kier alpha value is -3.69. The van der Waals surface area contributed by atoms with Crippen molar-refractivity contribution in [2.24, 2.45) is 11.8 Å². The fraction of sp³-hybridized carbons (Fsp3) is 0.414. The molecule has 5 rings (SSSR count). The van der Waals surface area contributed by atoms with E-state index in [-0.39, 0.29) is 17.8 Å². The highest BCUT2D eigenvalue weighted by Gasteiger charge is 2.64. The number of carbonyl (C=O) groups excluding carboxylic acids is 3. The van der Waals surface area contributed by atoms with Crippen LogP contribution in [-0.4, -0.2) is 84.5 Å². The Morgan fingerprint density at radius 1 is 1.08 bits per heavy atom. The van der Waals surface area contributed by atoms with E-state index in [1.807, 2.05) is 43.3 Å². The summed E-state index contributed by atoms with van der Waals surface area (Å²) >= 11 is 0. The van der Waals surface area contributed by atoms with Crippen molar-refractivity contribution in [1.82, 2.24) is 4.90 Å². The van der Waals surface area contributed by atoms with Crippen LogP contribution in [0.25, 0.3) is 16.5 Å². The summed E-state index contributed by atoms with van der Waals surface area (Å²) in [6.07, 6.45) is 0.479. The highest BCUT2D eigenvalue weighted by molar-refractivity contribution is 6.25. The van der Waals surface area contributed by atoms with Crippen molar-refractivity contribution in [3.63, 3.8) is 0 Å². The number of likely N-dealkylation sites (N-methyl/N-ethyl adjacent to an activating group) is 1. The topological polar surface area (TPSA) is 128 Å². The fourth-order valence-electron chi connectivity index (χ4n) is 6.85. The number of methoxy groups -OCH3 is 1. The summed E-state index contributed by atoms with van der Waals surface area (Å²) in [5, 5.41) is 36.3. The molecule has 0 radical (unpaired) electrons. The molecule has 2 aromatic rings. The Kier molecular flexibility index (Phi) is 5.92. The summed E-state index contributed by atoms with van der Waals surface area (Å²) < 4.78 is 5.77. The van der Waals surface area contributed by atoms with Gasteiger partial charge in [0.15, 0.2) is 17.2 Å². The maximum Gasteiger partial charge on any atom is 0.202 e. The van der Waals surface area contributed by atoms with E-state index >= 15 is 0 Å². The molecule has 3 aliphatic rings. The monoisotopic (exact) mass is 520 g/mol. The quantitative estimate of drug-likeness (QED) is 0.521. The molecule has 9 nitrogen and oxygen atoms in total. The number of anilines is 1. The van der Waals surface area contributed by atoms with Crippen molar-refractivity contribution in [1.29, 1.82) is 0 Å². The van der Waals surface area contributed by atoms with Gasteiger partial charge in [-0.1, -0.05) is 24.3 Å². The third-order valence-electron chi connectivity index (χ3n) is 8.31. The second-order valence-corrected chi connectivity index (χ2v) is 10.8. The van der Waals surface area contributed by atoms with Crippen LogP contribution in [0.3, 0.4) is 0 Å². The molecular formula is C29H32N2O7. The first-order valence-corrected chi connectivity index (χ1v) is 12.5. The van der Waals surface area contributed by atoms with Crippen LogP contribution in [0.5, 0.6) is 5.75 Å². The van der Waals surface area contributed by atoms with Crippen LogP contribution >= 0.6 is 0 Å². The number of fused-ring (bicyclic) bond motifs is 4. The standard InChI is InChI=1S/C29H32N2O7/c1-13(32)19-25(34)23(31(4)5)18-12-14-11-17-21(24(33)20(14)28(36)29(18,37)27(19)35)26(38-6)16-10-8-7-9-15(16)22(17)30(2)3/h7-10,14,18,23,33,35,37H,11-12H2,1-6H3/t14-,18-,23-,29+/m0/s1. The van der Waals surface area contributed by atoms with Gasteiger partial charge in [0.1, 0.15) is 22.8 Å². The van der Waals surface area contributed by atoms with Crippen molar-refractivity contribution in [3.8, 4) is 5.75 Å². The van der Waals surface area contributed by atoms with Crippen molar-refractivity contribution in [2.45, 2.75) is 31.4 Å². The van der Waals surface area contributed by atoms with E-state index in [0.29, 0.717) is 17.7 Å². The van der Waals surface area contributed by atoms with E-state index in [2.05, 4.69) is 0 Å². The number of Topliss-reactive ketones (excluding diaryl/α,β-unsaturated/α-hetero) is 3. The fourth-order valence-corrected chi connectivity index (χ4v) is 6.85. The minimum Gasteiger partial charge on any atom is -0.508 e. The van der Waals surface area contributed by atoms with Crippen molar-refractivity contribution in [3.05, 3.63) is 52.3 Å². The van der Waals surface area contributed by atoms with Gasteiger partial charge < -0.3 is 25.0 Å². The van der Waals surface area contributed by atoms with E-state index in [9.17, 15) is 29.7 Å². The highest BCUT2D eigenvalue weighted by Crippen LogP contribution is 2.55. The first-order chi connectivity index (χ1) is 17.9. The number of carbonyl (C=O) groups is 3. The van der Waals surface area contributed by atoms with Gasteiger partial charge in [-0.3, -0.25) is 19.3 Å². The lowest BCUT2D eigenvalue weighted by molar-refractivity contribution is -0.153. The van der Waals surface area contributed by atoms with Gasteiger partial charge >= 0.3 is 0 Å². The van der Waals surface area contributed by atoms with Crippen LogP contribution in [0.1, 0.15) is 24.5 Å². The average molecular weight is 521 g/mol. The van der Waals surface area contributed by atoms with Crippen LogP contribution in [-0.2, 0) is 20.8 Å². The molecule has 0 aliphatic heterocycles. The van der Waals surface area contributed by atoms with Gasteiger partial charge in [-0.25, -0.2) is 0 Å². The van der Waals surface area contributed by atoms with Gasteiger partial charge in [0.05, 0.1) is 18.7 Å². The van der Waals surface area contributed by atoms with Crippen molar-refractivity contribution >= 4 is 39.6 Å². The number of benzene rings is 2. The summed E-state index contributed by atoms with van der Waals surface area (Å²) in [7, 11) is 8.57. The third kappa shape index (κ3) is 3.21. The zero-order valence-corrected chi connectivity index (χ0v) is 22.3. The molecule has 0 bridgehead atoms. The molecule has 0 unspecified atom stereocenters. The smallest absolute Gasteiger partial charge is 0.202 e. The number of aliphatic hydroxyl groups excluding tert-OH is 2. The SMILES string of the molecule is COc1c2c(c(N(C)C)c3ccccc13)C[C@H]1C[C@H]3[C@H](N(C)C)C(=O)C(C(C)=O)=C(O)[C@@]3(O)C(=O)C1=C2O. The number of hydrogen-bond donors (Lipinski definition) is 3. The van der Waals surface area contributed by atoms with E-state index in [1.54, 1.807) is 19.0 Å². The van der Waals surface area contributed by atoms with Gasteiger partial charge in [0.2, 0.25) is 5.78 Å². The van der Waals surface area contributed by atoms with Crippen molar-refractivity contribution in [2.75, 3.05) is 40.2 Å². The molecule has 0 amide bonds. The Labute approximate surface area is 220 Å². The van der Waals surface area contributed by atoms with E-state index in [0.717, 1.165) is 28.9 Å². The number of ketones is 3. The molecule has 2 aromatic carbocycles. The largest absolute Gasteiger partial charge is 0.508 e. The molecule has 38 heavy (non-hydrogen) atoms. The molecule has 3 N–H and O–H groups in total. The van der Waals surface area contributed by atoms with Gasteiger partial charge in [0, 0.05) is 42.0 Å². The molecule has 3 aliphatic carbocycles. The lowest BCUT2D eigenvalue weighted by Crippen LogP contribution is -2.65. The van der Waals surface area contributed by atoms with Gasteiger partial charge in [0.25, 0.3) is 0 Å². The Balaban J connectivity index is 1.83. The summed E-state index contributed by atoms with van der Waals surface area (Å²) in [5.41, 5.74) is -1.11. The molecule has 4 atom stereocenters. The Bertz CT molecular complexity index is 1490. The molecule has 0 aromatic heterocycles. The van der Waals surface area contributed by atoms with E-state index in [4.69, 9.17) is 4.74 Å². The number of rotatable bonds is 4. The zero-order valence-electron chi connectivity index (χ0n) is 22.3. The lowest BCUT2D eigenvalue weighted by atomic mass is 9.57. The summed E-state index contributed by atoms with van der Waals surface area (Å²) in [6.45, 7) is 1.11. The highest BCUT2D eigenvalue weighted by atomic mass is 16.5. The molecule has 0 saturated heterocycles. The molecule has 0 spiro atoms. The van der Waals surface area contributed by atoms with Gasteiger partial charge in [-0.15, -0.1) is 0 Å². The van der Waals surface area contributed by atoms with Gasteiger partial charge in [-0.2, -0.15) is 0 Å². The van der Waals surface area contributed by atoms with Crippen LogP contribution in [0.2, 0.25) is 0 Å². The Morgan fingerprint density at radius 3 is 2.26 bits per heavy atom. The van der Waals surface area contributed by atoms with Crippen LogP contribution < -0.4 is 9.64 Å². The summed E-state index contributed by atoms with van der Waals surface area (Å²) in [4.78, 5) is 43.3. The normalized spacial score (nSPS) is 26.9. The first kappa shape index (κ1) is 25.9. The number of nitrogens with zero attached hydrogens (tertiary/aromatic N) is 2. The minimum absolute atomic E-state index is 0.0316. The van der Waals surface area contributed by atoms with E-state index < -0.39 is 52.2 Å². The summed E-state index contributed by atoms with van der Waals surface area (Å²) in [5.74, 6) is -4.68. The maximum absolute atomic E-state index is 14.1. The number of aliphatic hydroxyl groups is 3. The molecule has 200 valence electrons. The molecule has 0 heterocycles. The first-order valence-electron chi connectivity index (χ1n) is 12.5. The number of hydrogen-bond acceptors (Lipinski definition) is 9. The molecular weight excluding hydrogens is 488 g/mol. The summed E-state index contributed by atoms with van der Waals surface area (Å²) in [6, 6.07) is 6.62. The average Bonchev–Trinajstić information content (AvgIpc) is 2.84. The van der Waals surface area contributed by atoms with Crippen molar-refractivity contribution < 1.29 is 34.4 Å². The zero-order chi connectivity index (χ0) is 27.8. The van der Waals surface area contributed by atoms with Gasteiger partial charge in [-0.05, 0) is 45.3 Å². The third-order valence-corrected chi connectivity index (χ3v) is 8.31. The van der Waals surface area contributed by atoms with Crippen LogP contribution in [0.4, 0.5) is 5.69 Å². The molecule has 1 fully saturated rings. The van der Waals surface area contributed by atoms with E-state index in [1.165, 1.54) is 7.11 Å². The Morgan fingerprint density at radius 2 is 1.71 bits per heavy atom. The number of ether oxygens (including phenoxy) is 1.